The molecular formula is C19H20N2O5S. The van der Waals surface area contributed by atoms with Gasteiger partial charge in [0.2, 0.25) is 0 Å². The molecule has 0 spiro atoms. The molecule has 1 heterocycles. The number of carbonyl (C=O) groups excluding carboxylic acids is 1. The highest BCUT2D eigenvalue weighted by Crippen LogP contribution is 2.36. The van der Waals surface area contributed by atoms with Gasteiger partial charge in [-0.05, 0) is 44.2 Å². The first-order valence-corrected chi connectivity index (χ1v) is 9.63. The number of fused-ring (bicyclic) bond motifs is 1. The summed E-state index contributed by atoms with van der Waals surface area (Å²) in [5.74, 6) is 0.648. The zero-order chi connectivity index (χ0) is 19.8. The van der Waals surface area contributed by atoms with Gasteiger partial charge in [-0.3, -0.25) is 9.52 Å². The van der Waals surface area contributed by atoms with Crippen molar-refractivity contribution in [1.29, 1.82) is 0 Å². The Morgan fingerprint density at radius 2 is 1.78 bits per heavy atom. The quantitative estimate of drug-likeness (QED) is 0.767. The van der Waals surface area contributed by atoms with E-state index < -0.39 is 10.0 Å². The average molecular weight is 388 g/mol. The van der Waals surface area contributed by atoms with Crippen molar-refractivity contribution in [3.05, 3.63) is 47.5 Å². The highest BCUT2D eigenvalue weighted by Gasteiger charge is 2.27. The summed E-state index contributed by atoms with van der Waals surface area (Å²) < 4.78 is 38.6. The molecule has 0 unspecified atom stereocenters. The lowest BCUT2D eigenvalue weighted by atomic mass is 10.0. The molecule has 0 saturated carbocycles. The molecule has 0 atom stereocenters. The Kier molecular flexibility index (Phi) is 4.84. The van der Waals surface area contributed by atoms with Crippen LogP contribution in [0.15, 0.2) is 46.9 Å². The van der Waals surface area contributed by atoms with Crippen molar-refractivity contribution in [3.8, 4) is 11.5 Å². The molecule has 1 amide bonds. The molecule has 2 aromatic carbocycles. The zero-order valence-electron chi connectivity index (χ0n) is 15.4. The van der Waals surface area contributed by atoms with Crippen molar-refractivity contribution in [1.82, 2.24) is 0 Å². The average Bonchev–Trinajstić information content (AvgIpc) is 2.96. The summed E-state index contributed by atoms with van der Waals surface area (Å²) in [5, 5.41) is 2.74. The van der Waals surface area contributed by atoms with Crippen molar-refractivity contribution >= 4 is 32.9 Å². The smallest absolute Gasteiger partial charge is 0.262 e. The van der Waals surface area contributed by atoms with E-state index in [4.69, 9.17) is 9.47 Å². The lowest BCUT2D eigenvalue weighted by molar-refractivity contribution is -0.110. The first kappa shape index (κ1) is 18.8. The van der Waals surface area contributed by atoms with Crippen LogP contribution in [0.3, 0.4) is 0 Å². The number of allylic oxidation sites excluding steroid dienone is 1. The summed E-state index contributed by atoms with van der Waals surface area (Å²) in [5.41, 5.74) is 2.76. The second kappa shape index (κ2) is 6.96. The summed E-state index contributed by atoms with van der Waals surface area (Å²) in [6.45, 7) is 3.62. The van der Waals surface area contributed by atoms with E-state index in [1.165, 1.54) is 26.4 Å². The fourth-order valence-corrected chi connectivity index (χ4v) is 3.99. The van der Waals surface area contributed by atoms with E-state index in [2.05, 4.69) is 10.0 Å². The van der Waals surface area contributed by atoms with Crippen LogP contribution in [0, 0.1) is 0 Å². The molecule has 0 aromatic heterocycles. The van der Waals surface area contributed by atoms with Crippen LogP contribution in [0.1, 0.15) is 19.4 Å². The number of carbonyl (C=O) groups is 1. The van der Waals surface area contributed by atoms with Crippen molar-refractivity contribution in [2.75, 3.05) is 24.3 Å². The minimum atomic E-state index is -3.89. The standard InChI is InChI=1S/C19H20N2O5S/c1-11(2)18-14-10-13(6-8-15(14)20-19(18)22)27(23,24)21-16-7-5-12(25-3)9-17(16)26-4/h5-10,21H,1-4H3,(H,20,22). The minimum absolute atomic E-state index is 0.0503. The second-order valence-corrected chi connectivity index (χ2v) is 7.89. The van der Waals surface area contributed by atoms with Gasteiger partial charge >= 0.3 is 0 Å². The molecule has 8 heteroatoms. The molecule has 1 aliphatic heterocycles. The molecule has 0 bridgehead atoms. The van der Waals surface area contributed by atoms with Crippen LogP contribution in [0.25, 0.3) is 5.57 Å². The van der Waals surface area contributed by atoms with Crippen molar-refractivity contribution in [3.63, 3.8) is 0 Å². The van der Waals surface area contributed by atoms with E-state index in [0.29, 0.717) is 28.3 Å². The van der Waals surface area contributed by atoms with Gasteiger partial charge in [-0.25, -0.2) is 8.42 Å². The Morgan fingerprint density at radius 1 is 1.04 bits per heavy atom. The monoisotopic (exact) mass is 388 g/mol. The number of ether oxygens (including phenoxy) is 2. The van der Waals surface area contributed by atoms with Crippen LogP contribution in [-0.4, -0.2) is 28.5 Å². The number of nitrogens with one attached hydrogen (secondary N) is 2. The van der Waals surface area contributed by atoms with Crippen LogP contribution in [0.2, 0.25) is 0 Å². The van der Waals surface area contributed by atoms with Gasteiger partial charge in [0, 0.05) is 22.9 Å². The predicted octanol–water partition coefficient (Wildman–Crippen LogP) is 3.25. The Bertz CT molecular complexity index is 1050. The third-order valence-corrected chi connectivity index (χ3v) is 5.56. The maximum atomic E-state index is 12.9. The van der Waals surface area contributed by atoms with Gasteiger partial charge in [-0.2, -0.15) is 0 Å². The highest BCUT2D eigenvalue weighted by atomic mass is 32.2. The van der Waals surface area contributed by atoms with Crippen LogP contribution < -0.4 is 19.5 Å². The first-order chi connectivity index (χ1) is 12.8. The van der Waals surface area contributed by atoms with E-state index in [9.17, 15) is 13.2 Å². The number of hydrogen-bond donors (Lipinski definition) is 2. The third kappa shape index (κ3) is 3.48. The lowest BCUT2D eigenvalue weighted by Gasteiger charge is -2.13. The summed E-state index contributed by atoms with van der Waals surface area (Å²) in [4.78, 5) is 12.2. The summed E-state index contributed by atoms with van der Waals surface area (Å²) >= 11 is 0. The molecule has 2 aromatic rings. The van der Waals surface area contributed by atoms with Gasteiger partial charge in [0.15, 0.2) is 0 Å². The molecule has 7 nitrogen and oxygen atoms in total. The van der Waals surface area contributed by atoms with Gasteiger partial charge in [0.05, 0.1) is 24.8 Å². The van der Waals surface area contributed by atoms with Gasteiger partial charge in [-0.15, -0.1) is 0 Å². The van der Waals surface area contributed by atoms with Gasteiger partial charge in [0.1, 0.15) is 11.5 Å². The van der Waals surface area contributed by atoms with Crippen LogP contribution >= 0.6 is 0 Å². The fourth-order valence-electron chi connectivity index (χ4n) is 2.90. The number of amides is 1. The van der Waals surface area contributed by atoms with Crippen LogP contribution in [0.4, 0.5) is 11.4 Å². The summed E-state index contributed by atoms with van der Waals surface area (Å²) in [6.07, 6.45) is 0. The molecule has 27 heavy (non-hydrogen) atoms. The Hall–Kier alpha value is -3.00. The molecule has 3 rings (SSSR count). The number of benzene rings is 2. The summed E-state index contributed by atoms with van der Waals surface area (Å²) in [7, 11) is -0.928. The van der Waals surface area contributed by atoms with E-state index in [1.54, 1.807) is 24.3 Å². The molecule has 0 aliphatic carbocycles. The van der Waals surface area contributed by atoms with E-state index in [-0.39, 0.29) is 16.5 Å². The largest absolute Gasteiger partial charge is 0.497 e. The second-order valence-electron chi connectivity index (χ2n) is 6.21. The number of hydrogen-bond acceptors (Lipinski definition) is 5. The number of anilines is 2. The SMILES string of the molecule is COc1ccc(NS(=O)(=O)c2ccc3c(c2)C(=C(C)C)C(=O)N3)c(OC)c1. The molecule has 0 saturated heterocycles. The maximum Gasteiger partial charge on any atom is 0.262 e. The van der Waals surface area contributed by atoms with E-state index in [0.717, 1.165) is 5.57 Å². The van der Waals surface area contributed by atoms with E-state index >= 15 is 0 Å². The number of sulfonamides is 1. The Balaban J connectivity index is 2.01. The minimum Gasteiger partial charge on any atom is -0.497 e. The highest BCUT2D eigenvalue weighted by molar-refractivity contribution is 7.92. The van der Waals surface area contributed by atoms with Crippen LogP contribution in [0.5, 0.6) is 11.5 Å². The predicted molar refractivity (Wildman–Crippen MR) is 104 cm³/mol. The fraction of sp³-hybridized carbons (Fsp3) is 0.211. The van der Waals surface area contributed by atoms with Crippen molar-refractivity contribution < 1.29 is 22.7 Å². The lowest BCUT2D eigenvalue weighted by Crippen LogP contribution is -2.14. The van der Waals surface area contributed by atoms with Crippen molar-refractivity contribution in [2.45, 2.75) is 18.7 Å². The van der Waals surface area contributed by atoms with Gasteiger partial charge in [-0.1, -0.05) is 5.57 Å². The first-order valence-electron chi connectivity index (χ1n) is 8.15. The van der Waals surface area contributed by atoms with Gasteiger partial charge in [0.25, 0.3) is 15.9 Å². The Labute approximate surface area is 158 Å². The number of methoxy groups -OCH3 is 2. The summed E-state index contributed by atoms with van der Waals surface area (Å²) in [6, 6.07) is 9.31. The maximum absolute atomic E-state index is 12.9. The zero-order valence-corrected chi connectivity index (χ0v) is 16.2. The molecule has 2 N–H and O–H groups in total. The molecule has 0 radical (unpaired) electrons. The third-order valence-electron chi connectivity index (χ3n) is 4.20. The van der Waals surface area contributed by atoms with Crippen molar-refractivity contribution in [2.24, 2.45) is 0 Å². The van der Waals surface area contributed by atoms with E-state index in [1.807, 2.05) is 13.8 Å². The van der Waals surface area contributed by atoms with Gasteiger partial charge < -0.3 is 14.8 Å². The molecule has 0 fully saturated rings. The van der Waals surface area contributed by atoms with Crippen LogP contribution in [-0.2, 0) is 14.8 Å². The Morgan fingerprint density at radius 3 is 2.41 bits per heavy atom. The normalized spacial score (nSPS) is 13.0. The molecule has 1 aliphatic rings. The topological polar surface area (TPSA) is 93.7 Å². The molecule has 142 valence electrons. The molecular weight excluding hydrogens is 368 g/mol. The number of rotatable bonds is 5.